The highest BCUT2D eigenvalue weighted by atomic mass is 16.5. The first-order chi connectivity index (χ1) is 12.7. The van der Waals surface area contributed by atoms with E-state index in [4.69, 9.17) is 9.47 Å². The number of morpholine rings is 1. The Morgan fingerprint density at radius 3 is 2.62 bits per heavy atom. The first-order valence-electron chi connectivity index (χ1n) is 9.66. The van der Waals surface area contributed by atoms with E-state index in [1.54, 1.807) is 7.11 Å². The first kappa shape index (κ1) is 19.0. The molecule has 1 unspecified atom stereocenters. The standard InChI is InChI=1S/C20H31N3O3/c1-16-7-9-22(10-8-16)18(17-5-3-4-6-19(17)25-2)15-21-20(24)23-11-13-26-14-12-23/h3-6,16,18H,7-15H2,1-2H3,(H,21,24). The lowest BCUT2D eigenvalue weighted by Gasteiger charge is -2.38. The molecule has 2 amide bonds. The van der Waals surface area contributed by atoms with Gasteiger partial charge in [0.15, 0.2) is 0 Å². The average molecular weight is 361 g/mol. The molecule has 26 heavy (non-hydrogen) atoms. The number of para-hydroxylation sites is 1. The zero-order chi connectivity index (χ0) is 18.4. The molecule has 2 fully saturated rings. The number of carbonyl (C=O) groups is 1. The maximum Gasteiger partial charge on any atom is 0.317 e. The van der Waals surface area contributed by atoms with Gasteiger partial charge in [-0.15, -0.1) is 0 Å². The van der Waals surface area contributed by atoms with Crippen LogP contribution in [0.3, 0.4) is 0 Å². The molecule has 2 saturated heterocycles. The van der Waals surface area contributed by atoms with E-state index in [0.29, 0.717) is 32.8 Å². The summed E-state index contributed by atoms with van der Waals surface area (Å²) < 4.78 is 10.9. The van der Waals surface area contributed by atoms with Gasteiger partial charge in [-0.25, -0.2) is 4.79 Å². The monoisotopic (exact) mass is 361 g/mol. The van der Waals surface area contributed by atoms with E-state index >= 15 is 0 Å². The number of methoxy groups -OCH3 is 1. The molecule has 6 nitrogen and oxygen atoms in total. The number of rotatable bonds is 5. The molecule has 0 bridgehead atoms. The number of amides is 2. The van der Waals surface area contributed by atoms with Gasteiger partial charge in [-0.3, -0.25) is 4.90 Å². The van der Waals surface area contributed by atoms with Crippen molar-refractivity contribution in [3.63, 3.8) is 0 Å². The van der Waals surface area contributed by atoms with Gasteiger partial charge in [-0.05, 0) is 37.9 Å². The molecular formula is C20H31N3O3. The Bertz CT molecular complexity index is 581. The van der Waals surface area contributed by atoms with Gasteiger partial charge in [0.05, 0.1) is 26.4 Å². The summed E-state index contributed by atoms with van der Waals surface area (Å²) in [5.41, 5.74) is 1.15. The highest BCUT2D eigenvalue weighted by Gasteiger charge is 2.28. The third kappa shape index (κ3) is 4.68. The molecule has 2 aliphatic rings. The second kappa shape index (κ2) is 9.24. The zero-order valence-corrected chi connectivity index (χ0v) is 15.9. The van der Waals surface area contributed by atoms with Crippen molar-refractivity contribution in [1.82, 2.24) is 15.1 Å². The minimum Gasteiger partial charge on any atom is -0.496 e. The van der Waals surface area contributed by atoms with Gasteiger partial charge in [0, 0.05) is 25.2 Å². The number of carbonyl (C=O) groups excluding carboxylic acids is 1. The van der Waals surface area contributed by atoms with Gasteiger partial charge >= 0.3 is 6.03 Å². The SMILES string of the molecule is COc1ccccc1C(CNC(=O)N1CCOCC1)N1CCC(C)CC1. The molecule has 0 aromatic heterocycles. The van der Waals surface area contributed by atoms with Crippen LogP contribution in [-0.4, -0.2) is 68.9 Å². The number of hydrogen-bond acceptors (Lipinski definition) is 4. The fourth-order valence-electron chi connectivity index (χ4n) is 3.78. The van der Waals surface area contributed by atoms with Crippen molar-refractivity contribution in [2.75, 3.05) is 53.0 Å². The van der Waals surface area contributed by atoms with E-state index in [0.717, 1.165) is 30.3 Å². The van der Waals surface area contributed by atoms with Crippen LogP contribution in [-0.2, 0) is 4.74 Å². The summed E-state index contributed by atoms with van der Waals surface area (Å²) in [5, 5.41) is 3.14. The number of urea groups is 1. The second-order valence-electron chi connectivity index (χ2n) is 7.26. The van der Waals surface area contributed by atoms with E-state index in [1.807, 2.05) is 23.1 Å². The normalized spacial score (nSPS) is 20.6. The number of hydrogen-bond donors (Lipinski definition) is 1. The van der Waals surface area contributed by atoms with E-state index in [2.05, 4.69) is 23.2 Å². The molecule has 0 aliphatic carbocycles. The summed E-state index contributed by atoms with van der Waals surface area (Å²) in [5.74, 6) is 1.66. The van der Waals surface area contributed by atoms with Crippen LogP contribution < -0.4 is 10.1 Å². The van der Waals surface area contributed by atoms with Crippen LogP contribution in [0.15, 0.2) is 24.3 Å². The van der Waals surface area contributed by atoms with Crippen molar-refractivity contribution in [3.05, 3.63) is 29.8 Å². The Balaban J connectivity index is 1.71. The average Bonchev–Trinajstić information content (AvgIpc) is 2.70. The molecule has 0 spiro atoms. The van der Waals surface area contributed by atoms with Gasteiger partial charge in [0.1, 0.15) is 5.75 Å². The van der Waals surface area contributed by atoms with Crippen molar-refractivity contribution in [3.8, 4) is 5.75 Å². The number of piperidine rings is 1. The molecular weight excluding hydrogens is 330 g/mol. The Labute approximate surface area is 156 Å². The highest BCUT2D eigenvalue weighted by molar-refractivity contribution is 5.74. The van der Waals surface area contributed by atoms with Crippen molar-refractivity contribution in [2.24, 2.45) is 5.92 Å². The maximum atomic E-state index is 12.5. The molecule has 2 aliphatic heterocycles. The smallest absolute Gasteiger partial charge is 0.317 e. The lowest BCUT2D eigenvalue weighted by molar-refractivity contribution is 0.0522. The van der Waals surface area contributed by atoms with Gasteiger partial charge in [-0.2, -0.15) is 0 Å². The quantitative estimate of drug-likeness (QED) is 0.876. The van der Waals surface area contributed by atoms with Crippen LogP contribution in [0.5, 0.6) is 5.75 Å². The third-order valence-corrected chi connectivity index (χ3v) is 5.50. The Morgan fingerprint density at radius 2 is 1.92 bits per heavy atom. The fraction of sp³-hybridized carbons (Fsp3) is 0.650. The molecule has 0 radical (unpaired) electrons. The van der Waals surface area contributed by atoms with E-state index in [1.165, 1.54) is 12.8 Å². The highest BCUT2D eigenvalue weighted by Crippen LogP contribution is 2.31. The van der Waals surface area contributed by atoms with Crippen molar-refractivity contribution in [2.45, 2.75) is 25.8 Å². The molecule has 1 N–H and O–H groups in total. The van der Waals surface area contributed by atoms with E-state index in [9.17, 15) is 4.79 Å². The summed E-state index contributed by atoms with van der Waals surface area (Å²) in [6, 6.07) is 8.27. The van der Waals surface area contributed by atoms with E-state index < -0.39 is 0 Å². The summed E-state index contributed by atoms with van der Waals surface area (Å²) in [6.07, 6.45) is 2.39. The Morgan fingerprint density at radius 1 is 1.23 bits per heavy atom. The minimum atomic E-state index is -0.00132. The molecule has 1 aromatic rings. The van der Waals surface area contributed by atoms with Crippen LogP contribution >= 0.6 is 0 Å². The van der Waals surface area contributed by atoms with Gasteiger partial charge < -0.3 is 19.7 Å². The van der Waals surface area contributed by atoms with Crippen LogP contribution in [0.4, 0.5) is 4.79 Å². The Kier molecular flexibility index (Phi) is 6.74. The number of ether oxygens (including phenoxy) is 2. The molecule has 1 aromatic carbocycles. The van der Waals surface area contributed by atoms with Crippen LogP contribution in [0.1, 0.15) is 31.4 Å². The number of likely N-dealkylation sites (tertiary alicyclic amines) is 1. The summed E-state index contributed by atoms with van der Waals surface area (Å²) >= 11 is 0. The molecule has 144 valence electrons. The zero-order valence-electron chi connectivity index (χ0n) is 15.9. The Hall–Kier alpha value is -1.79. The number of nitrogens with one attached hydrogen (secondary N) is 1. The topological polar surface area (TPSA) is 54.0 Å². The number of benzene rings is 1. The van der Waals surface area contributed by atoms with Crippen LogP contribution in [0, 0.1) is 5.92 Å². The minimum absolute atomic E-state index is 0.00132. The maximum absolute atomic E-state index is 12.5. The number of nitrogens with zero attached hydrogens (tertiary/aromatic N) is 2. The van der Waals surface area contributed by atoms with Crippen molar-refractivity contribution < 1.29 is 14.3 Å². The molecule has 2 heterocycles. The second-order valence-corrected chi connectivity index (χ2v) is 7.26. The molecule has 0 saturated carbocycles. The first-order valence-corrected chi connectivity index (χ1v) is 9.66. The van der Waals surface area contributed by atoms with Crippen LogP contribution in [0.25, 0.3) is 0 Å². The van der Waals surface area contributed by atoms with E-state index in [-0.39, 0.29) is 12.1 Å². The van der Waals surface area contributed by atoms with Crippen LogP contribution in [0.2, 0.25) is 0 Å². The predicted octanol–water partition coefficient (Wildman–Crippen LogP) is 2.51. The van der Waals surface area contributed by atoms with Crippen molar-refractivity contribution >= 4 is 6.03 Å². The molecule has 3 rings (SSSR count). The summed E-state index contributed by atoms with van der Waals surface area (Å²) in [6.45, 7) is 7.56. The molecule has 6 heteroatoms. The summed E-state index contributed by atoms with van der Waals surface area (Å²) in [4.78, 5) is 16.9. The third-order valence-electron chi connectivity index (χ3n) is 5.50. The lowest BCUT2D eigenvalue weighted by Crippen LogP contribution is -2.49. The summed E-state index contributed by atoms with van der Waals surface area (Å²) in [7, 11) is 1.71. The fourth-order valence-corrected chi connectivity index (χ4v) is 3.78. The van der Waals surface area contributed by atoms with Gasteiger partial charge in [-0.1, -0.05) is 25.1 Å². The van der Waals surface area contributed by atoms with Gasteiger partial charge in [0.25, 0.3) is 0 Å². The molecule has 1 atom stereocenters. The largest absolute Gasteiger partial charge is 0.496 e. The van der Waals surface area contributed by atoms with Crippen molar-refractivity contribution in [1.29, 1.82) is 0 Å². The van der Waals surface area contributed by atoms with Gasteiger partial charge in [0.2, 0.25) is 0 Å². The predicted molar refractivity (Wildman–Crippen MR) is 101 cm³/mol. The lowest BCUT2D eigenvalue weighted by atomic mass is 9.95.